The smallest absolute Gasteiger partial charge is 0.263 e. The number of nitrogens with one attached hydrogen (secondary N) is 2. The molecule has 0 fully saturated rings. The molecule has 0 bridgehead atoms. The van der Waals surface area contributed by atoms with Crippen LogP contribution in [-0.4, -0.2) is 32.3 Å². The zero-order valence-corrected chi connectivity index (χ0v) is 15.2. The number of carbonyl (C=O) groups is 1. The first-order valence-electron chi connectivity index (χ1n) is 8.87. The molecule has 0 radical (unpaired) electrons. The lowest BCUT2D eigenvalue weighted by Crippen LogP contribution is -2.24. The molecular weight excluding hydrogens is 365 g/mol. The van der Waals surface area contributed by atoms with E-state index in [0.717, 1.165) is 18.5 Å². The number of aromatic amines is 1. The standard InChI is InChI=1S/C19H18FN5O3/c1-11-9-16(22-17(26)10-28-15-8-3-2-6-13(15)20)25(24-11)19-21-14-7-4-5-12(14)18(27)23-19/h2-3,6,8-9H,4-5,7,10H2,1H3,(H,22,26)(H,21,23,27). The fourth-order valence-electron chi connectivity index (χ4n) is 3.16. The fraction of sp³-hybridized carbons (Fsp3) is 0.263. The van der Waals surface area contributed by atoms with Gasteiger partial charge < -0.3 is 10.1 Å². The maximum absolute atomic E-state index is 13.6. The number of halogens is 1. The van der Waals surface area contributed by atoms with E-state index in [-0.39, 0.29) is 23.9 Å². The van der Waals surface area contributed by atoms with E-state index in [9.17, 15) is 14.0 Å². The van der Waals surface area contributed by atoms with Crippen LogP contribution in [0.5, 0.6) is 5.75 Å². The molecule has 0 atom stereocenters. The molecule has 0 aliphatic heterocycles. The van der Waals surface area contributed by atoms with Crippen molar-refractivity contribution in [2.24, 2.45) is 0 Å². The minimum atomic E-state index is -0.545. The lowest BCUT2D eigenvalue weighted by Gasteiger charge is -2.10. The monoisotopic (exact) mass is 383 g/mol. The lowest BCUT2D eigenvalue weighted by molar-refractivity contribution is -0.118. The number of anilines is 1. The second-order valence-corrected chi connectivity index (χ2v) is 6.52. The summed E-state index contributed by atoms with van der Waals surface area (Å²) in [4.78, 5) is 31.7. The predicted molar refractivity (Wildman–Crippen MR) is 99.3 cm³/mol. The highest BCUT2D eigenvalue weighted by Crippen LogP contribution is 2.19. The quantitative estimate of drug-likeness (QED) is 0.701. The van der Waals surface area contributed by atoms with Gasteiger partial charge in [0, 0.05) is 11.6 Å². The van der Waals surface area contributed by atoms with Crippen LogP contribution >= 0.6 is 0 Å². The Kier molecular flexibility index (Phi) is 4.64. The molecule has 1 aromatic carbocycles. The number of aromatic nitrogens is 4. The van der Waals surface area contributed by atoms with Crippen molar-refractivity contribution < 1.29 is 13.9 Å². The Balaban J connectivity index is 1.54. The van der Waals surface area contributed by atoms with Gasteiger partial charge in [0.1, 0.15) is 5.82 Å². The third kappa shape index (κ3) is 3.51. The van der Waals surface area contributed by atoms with Crippen molar-refractivity contribution in [1.29, 1.82) is 0 Å². The second-order valence-electron chi connectivity index (χ2n) is 6.52. The van der Waals surface area contributed by atoms with E-state index in [1.54, 1.807) is 19.1 Å². The summed E-state index contributed by atoms with van der Waals surface area (Å²) in [5.41, 5.74) is 1.91. The molecule has 3 aromatic rings. The predicted octanol–water partition coefficient (Wildman–Crippen LogP) is 1.91. The molecule has 1 aliphatic carbocycles. The van der Waals surface area contributed by atoms with Crippen LogP contribution < -0.4 is 15.6 Å². The summed E-state index contributed by atoms with van der Waals surface area (Å²) in [5.74, 6) is -0.472. The maximum atomic E-state index is 13.6. The van der Waals surface area contributed by atoms with Crippen molar-refractivity contribution in [2.75, 3.05) is 11.9 Å². The van der Waals surface area contributed by atoms with E-state index in [4.69, 9.17) is 4.74 Å². The number of hydrogen-bond donors (Lipinski definition) is 2. The van der Waals surface area contributed by atoms with Gasteiger partial charge >= 0.3 is 0 Å². The van der Waals surface area contributed by atoms with Crippen LogP contribution in [0.2, 0.25) is 0 Å². The third-order valence-electron chi connectivity index (χ3n) is 4.42. The van der Waals surface area contributed by atoms with Crippen LogP contribution in [0.15, 0.2) is 35.1 Å². The molecule has 2 N–H and O–H groups in total. The van der Waals surface area contributed by atoms with E-state index < -0.39 is 11.7 Å². The molecule has 144 valence electrons. The van der Waals surface area contributed by atoms with Gasteiger partial charge in [0.2, 0.25) is 5.95 Å². The van der Waals surface area contributed by atoms with Gasteiger partial charge in [0.25, 0.3) is 11.5 Å². The summed E-state index contributed by atoms with van der Waals surface area (Å²) in [6.07, 6.45) is 2.35. The number of benzene rings is 1. The highest BCUT2D eigenvalue weighted by atomic mass is 19.1. The number of carbonyl (C=O) groups excluding carboxylic acids is 1. The molecule has 28 heavy (non-hydrogen) atoms. The number of nitrogens with zero attached hydrogens (tertiary/aromatic N) is 3. The van der Waals surface area contributed by atoms with Gasteiger partial charge in [-0.1, -0.05) is 12.1 Å². The second kappa shape index (κ2) is 7.26. The summed E-state index contributed by atoms with van der Waals surface area (Å²) in [6, 6.07) is 7.49. The summed E-state index contributed by atoms with van der Waals surface area (Å²) >= 11 is 0. The number of fused-ring (bicyclic) bond motifs is 1. The lowest BCUT2D eigenvalue weighted by atomic mass is 10.3. The molecular formula is C19H18FN5O3. The van der Waals surface area contributed by atoms with E-state index in [0.29, 0.717) is 23.5 Å². The van der Waals surface area contributed by atoms with Crippen molar-refractivity contribution in [2.45, 2.75) is 26.2 Å². The van der Waals surface area contributed by atoms with E-state index >= 15 is 0 Å². The van der Waals surface area contributed by atoms with E-state index in [1.807, 2.05) is 0 Å². The molecule has 0 saturated carbocycles. The molecule has 9 heteroatoms. The van der Waals surface area contributed by atoms with Gasteiger partial charge in [0.15, 0.2) is 18.2 Å². The Morgan fingerprint density at radius 3 is 3.00 bits per heavy atom. The van der Waals surface area contributed by atoms with Crippen molar-refractivity contribution in [3.8, 4) is 11.7 Å². The average molecular weight is 383 g/mol. The molecule has 0 saturated heterocycles. The molecule has 1 aliphatic rings. The molecule has 0 spiro atoms. The van der Waals surface area contributed by atoms with Gasteiger partial charge in [0.05, 0.1) is 11.4 Å². The average Bonchev–Trinajstić information content (AvgIpc) is 3.27. The molecule has 0 unspecified atom stereocenters. The number of hydrogen-bond acceptors (Lipinski definition) is 5. The van der Waals surface area contributed by atoms with Crippen molar-refractivity contribution in [3.63, 3.8) is 0 Å². The third-order valence-corrected chi connectivity index (χ3v) is 4.42. The molecule has 4 rings (SSSR count). The Bertz CT molecular complexity index is 1110. The number of H-pyrrole nitrogens is 1. The van der Waals surface area contributed by atoms with Gasteiger partial charge in [-0.15, -0.1) is 0 Å². The summed E-state index contributed by atoms with van der Waals surface area (Å²) in [5, 5.41) is 6.96. The molecule has 1 amide bonds. The van der Waals surface area contributed by atoms with Crippen LogP contribution in [0, 0.1) is 12.7 Å². The molecule has 2 heterocycles. The summed E-state index contributed by atoms with van der Waals surface area (Å²) in [7, 11) is 0. The zero-order chi connectivity index (χ0) is 19.7. The number of ether oxygens (including phenoxy) is 1. The number of amides is 1. The minimum Gasteiger partial charge on any atom is -0.481 e. The number of para-hydroxylation sites is 1. The van der Waals surface area contributed by atoms with Crippen molar-refractivity contribution in [3.05, 3.63) is 63.5 Å². The van der Waals surface area contributed by atoms with E-state index in [1.165, 1.54) is 22.9 Å². The van der Waals surface area contributed by atoms with Crippen molar-refractivity contribution in [1.82, 2.24) is 19.7 Å². The normalized spacial score (nSPS) is 12.6. The highest BCUT2D eigenvalue weighted by molar-refractivity contribution is 5.91. The topological polar surface area (TPSA) is 102 Å². The Hall–Kier alpha value is -3.49. The maximum Gasteiger partial charge on any atom is 0.263 e. The van der Waals surface area contributed by atoms with Gasteiger partial charge in [-0.2, -0.15) is 9.78 Å². The number of aryl methyl sites for hydroxylation is 2. The van der Waals surface area contributed by atoms with Gasteiger partial charge in [-0.3, -0.25) is 14.6 Å². The van der Waals surface area contributed by atoms with Crippen molar-refractivity contribution >= 4 is 11.7 Å². The van der Waals surface area contributed by atoms with Gasteiger partial charge in [-0.05, 0) is 38.3 Å². The molecule has 8 nitrogen and oxygen atoms in total. The fourth-order valence-corrected chi connectivity index (χ4v) is 3.16. The first-order chi connectivity index (χ1) is 13.5. The van der Waals surface area contributed by atoms with Crippen LogP contribution in [-0.2, 0) is 17.6 Å². The van der Waals surface area contributed by atoms with Gasteiger partial charge in [-0.25, -0.2) is 9.37 Å². The largest absolute Gasteiger partial charge is 0.481 e. The Labute approximate surface area is 159 Å². The summed E-state index contributed by atoms with van der Waals surface area (Å²) in [6.45, 7) is 1.38. The molecule has 2 aromatic heterocycles. The first kappa shape index (κ1) is 17.9. The van der Waals surface area contributed by atoms with Crippen LogP contribution in [0.3, 0.4) is 0 Å². The van der Waals surface area contributed by atoms with Crippen LogP contribution in [0.4, 0.5) is 10.2 Å². The van der Waals surface area contributed by atoms with Crippen LogP contribution in [0.1, 0.15) is 23.4 Å². The van der Waals surface area contributed by atoms with Crippen LogP contribution in [0.25, 0.3) is 5.95 Å². The minimum absolute atomic E-state index is 0.00745. The zero-order valence-electron chi connectivity index (χ0n) is 15.2. The SMILES string of the molecule is Cc1cc(NC(=O)COc2ccccc2F)n(-c2nc3c(c(=O)[nH]2)CCC3)n1. The summed E-state index contributed by atoms with van der Waals surface area (Å²) < 4.78 is 20.2. The Morgan fingerprint density at radius 1 is 1.36 bits per heavy atom. The highest BCUT2D eigenvalue weighted by Gasteiger charge is 2.20. The Morgan fingerprint density at radius 2 is 2.18 bits per heavy atom. The number of rotatable bonds is 5. The van der Waals surface area contributed by atoms with E-state index in [2.05, 4.69) is 20.4 Å². The first-order valence-corrected chi connectivity index (χ1v) is 8.87.